The largest absolute Gasteiger partial charge is 0.247 e. The van der Waals surface area contributed by atoms with Crippen molar-refractivity contribution < 1.29 is 0 Å². The smallest absolute Gasteiger partial charge is 0.0758 e. The molecule has 0 radical (unpaired) electrons. The van der Waals surface area contributed by atoms with Gasteiger partial charge in [-0.2, -0.15) is 0 Å². The molecule has 0 aromatic heterocycles. The van der Waals surface area contributed by atoms with Crippen LogP contribution < -0.4 is 0 Å². The van der Waals surface area contributed by atoms with Crippen LogP contribution in [-0.4, -0.2) is 15.4 Å². The van der Waals surface area contributed by atoms with Crippen molar-refractivity contribution >= 4 is 69.2 Å². The topological polar surface area (TPSA) is 12.4 Å². The van der Waals surface area contributed by atoms with Crippen molar-refractivity contribution in [1.82, 2.24) is 0 Å². The van der Waals surface area contributed by atoms with E-state index >= 15 is 0 Å². The molecule has 34 heavy (non-hydrogen) atoms. The Balaban J connectivity index is 1.55. The van der Waals surface area contributed by atoms with E-state index in [-0.39, 0.29) is 4.58 Å². The van der Waals surface area contributed by atoms with E-state index in [0.717, 1.165) is 33.8 Å². The van der Waals surface area contributed by atoms with Crippen molar-refractivity contribution in [1.29, 1.82) is 0 Å². The van der Waals surface area contributed by atoms with E-state index in [9.17, 15) is 0 Å². The first-order valence-electron chi connectivity index (χ1n) is 11.7. The van der Waals surface area contributed by atoms with Crippen LogP contribution in [0.3, 0.4) is 0 Å². The zero-order valence-corrected chi connectivity index (χ0v) is 23.0. The van der Waals surface area contributed by atoms with Crippen molar-refractivity contribution in [2.75, 3.05) is 5.75 Å². The van der Waals surface area contributed by atoms with E-state index in [1.165, 1.54) is 46.9 Å². The molecule has 1 nitrogen and oxygen atoms in total. The fraction of sp³-hybridized carbons (Fsp3) is 0.321. The number of nitrogens with zero attached hydrogens (tertiary/aromatic N) is 1. The van der Waals surface area contributed by atoms with Gasteiger partial charge in [0.25, 0.3) is 0 Å². The zero-order valence-electron chi connectivity index (χ0n) is 19.0. The average Bonchev–Trinajstić information content (AvgIpc) is 2.84. The molecule has 0 saturated heterocycles. The molecule has 6 heteroatoms. The van der Waals surface area contributed by atoms with Crippen molar-refractivity contribution in [2.24, 2.45) is 10.9 Å². The summed E-state index contributed by atoms with van der Waals surface area (Å²) >= 11 is 18.2. The standard InChI is InChI=1S/C28H29Cl2NS3/c29-22-11-7-15-25(17-22)33-28(34-26-16-8-12-23(30)18-26)19-27(31-24-13-5-2-6-14-24)32-20-21-9-3-1-4-10-21/h2,5-8,11-18,21,28H,1,3-4,9-10,19-20H2. The van der Waals surface area contributed by atoms with Gasteiger partial charge < -0.3 is 0 Å². The SMILES string of the molecule is Clc1cccc(SC(CC(=Nc2ccccc2)SCC2CCCCC2)Sc2cccc(Cl)c2)c1. The normalized spacial score (nSPS) is 15.1. The quantitative estimate of drug-likeness (QED) is 0.115. The molecule has 0 bridgehead atoms. The van der Waals surface area contributed by atoms with Crippen LogP contribution in [0, 0.1) is 5.92 Å². The summed E-state index contributed by atoms with van der Waals surface area (Å²) in [4.78, 5) is 7.44. The molecule has 1 aliphatic rings. The molecule has 0 unspecified atom stereocenters. The predicted molar refractivity (Wildman–Crippen MR) is 156 cm³/mol. The fourth-order valence-electron chi connectivity index (χ4n) is 3.99. The highest BCUT2D eigenvalue weighted by atomic mass is 35.5. The number of benzene rings is 3. The summed E-state index contributed by atoms with van der Waals surface area (Å²) in [5, 5.41) is 2.73. The molecule has 1 fully saturated rings. The van der Waals surface area contributed by atoms with Gasteiger partial charge in [0.1, 0.15) is 0 Å². The molecule has 1 saturated carbocycles. The third-order valence-corrected chi connectivity index (χ3v) is 9.88. The molecular formula is C28H29Cl2NS3. The maximum Gasteiger partial charge on any atom is 0.0758 e. The number of hydrogen-bond donors (Lipinski definition) is 0. The van der Waals surface area contributed by atoms with Gasteiger partial charge in [0.15, 0.2) is 0 Å². The molecule has 0 amide bonds. The Hall–Kier alpha value is -1.04. The van der Waals surface area contributed by atoms with Crippen molar-refractivity contribution in [3.8, 4) is 0 Å². The summed E-state index contributed by atoms with van der Waals surface area (Å²) in [6.45, 7) is 0. The molecule has 3 aromatic carbocycles. The minimum Gasteiger partial charge on any atom is -0.247 e. The molecule has 4 rings (SSSR count). The van der Waals surface area contributed by atoms with Gasteiger partial charge in [0.05, 0.1) is 15.3 Å². The first-order valence-corrected chi connectivity index (χ1v) is 15.2. The Labute approximate surface area is 226 Å². The van der Waals surface area contributed by atoms with Crippen LogP contribution in [0.4, 0.5) is 5.69 Å². The molecule has 0 atom stereocenters. The molecule has 0 spiro atoms. The molecule has 3 aromatic rings. The van der Waals surface area contributed by atoms with Gasteiger partial charge in [-0.05, 0) is 67.3 Å². The maximum absolute atomic E-state index is 6.29. The van der Waals surface area contributed by atoms with Crippen LogP contribution in [0.2, 0.25) is 10.0 Å². The van der Waals surface area contributed by atoms with Gasteiger partial charge >= 0.3 is 0 Å². The van der Waals surface area contributed by atoms with Crippen LogP contribution in [0.5, 0.6) is 0 Å². The number of thioether (sulfide) groups is 3. The van der Waals surface area contributed by atoms with Gasteiger partial charge in [-0.1, -0.05) is 72.8 Å². The molecule has 178 valence electrons. The van der Waals surface area contributed by atoms with E-state index in [2.05, 4.69) is 36.4 Å². The van der Waals surface area contributed by atoms with Gasteiger partial charge in [0.2, 0.25) is 0 Å². The number of aliphatic imine (C=N–C) groups is 1. The molecule has 1 aliphatic carbocycles. The predicted octanol–water partition coefficient (Wildman–Crippen LogP) is 10.6. The van der Waals surface area contributed by atoms with Gasteiger partial charge in [-0.15, -0.1) is 35.3 Å². The Morgan fingerprint density at radius 3 is 2.00 bits per heavy atom. The van der Waals surface area contributed by atoms with Gasteiger partial charge in [-0.3, -0.25) is 0 Å². The third kappa shape index (κ3) is 8.87. The lowest BCUT2D eigenvalue weighted by Gasteiger charge is -2.22. The summed E-state index contributed by atoms with van der Waals surface area (Å²) in [7, 11) is 0. The summed E-state index contributed by atoms with van der Waals surface area (Å²) in [6.07, 6.45) is 7.71. The van der Waals surface area contributed by atoms with E-state index < -0.39 is 0 Å². The first kappa shape index (κ1) is 26.0. The summed E-state index contributed by atoms with van der Waals surface area (Å²) < 4.78 is 0.248. The van der Waals surface area contributed by atoms with Gasteiger partial charge in [0, 0.05) is 32.0 Å². The minimum atomic E-state index is 0.248. The van der Waals surface area contributed by atoms with Crippen molar-refractivity contribution in [2.45, 2.75) is 52.9 Å². The van der Waals surface area contributed by atoms with Crippen LogP contribution in [0.1, 0.15) is 38.5 Å². The highest BCUT2D eigenvalue weighted by molar-refractivity contribution is 8.17. The maximum atomic E-state index is 6.29. The Bertz CT molecular complexity index is 1020. The average molecular weight is 547 g/mol. The summed E-state index contributed by atoms with van der Waals surface area (Å²) in [5.41, 5.74) is 1.02. The van der Waals surface area contributed by atoms with E-state index in [4.69, 9.17) is 28.2 Å². The Morgan fingerprint density at radius 2 is 1.41 bits per heavy atom. The first-order chi connectivity index (χ1) is 16.6. The van der Waals surface area contributed by atoms with Crippen LogP contribution in [0.25, 0.3) is 0 Å². The lowest BCUT2D eigenvalue weighted by Crippen LogP contribution is -2.12. The van der Waals surface area contributed by atoms with E-state index in [1.54, 1.807) is 0 Å². The lowest BCUT2D eigenvalue weighted by molar-refractivity contribution is 0.391. The zero-order chi connectivity index (χ0) is 23.6. The van der Waals surface area contributed by atoms with Crippen LogP contribution in [-0.2, 0) is 0 Å². The number of rotatable bonds is 9. The minimum absolute atomic E-state index is 0.248. The van der Waals surface area contributed by atoms with E-state index in [1.807, 2.05) is 77.8 Å². The number of hydrogen-bond acceptors (Lipinski definition) is 4. The third-order valence-electron chi connectivity index (χ3n) is 5.69. The number of para-hydroxylation sites is 1. The van der Waals surface area contributed by atoms with Crippen molar-refractivity contribution in [3.05, 3.63) is 88.9 Å². The van der Waals surface area contributed by atoms with Crippen LogP contribution >= 0.6 is 58.5 Å². The monoisotopic (exact) mass is 545 g/mol. The second-order valence-corrected chi connectivity index (χ2v) is 13.3. The summed E-state index contributed by atoms with van der Waals surface area (Å²) in [5.74, 6) is 1.96. The van der Waals surface area contributed by atoms with Gasteiger partial charge in [-0.25, -0.2) is 4.99 Å². The molecular weight excluding hydrogens is 517 g/mol. The highest BCUT2D eigenvalue weighted by Crippen LogP contribution is 2.41. The fourth-order valence-corrected chi connectivity index (χ4v) is 8.58. The lowest BCUT2D eigenvalue weighted by atomic mass is 9.91. The van der Waals surface area contributed by atoms with Crippen LogP contribution in [0.15, 0.2) is 93.6 Å². The second-order valence-electron chi connectivity index (χ2n) is 8.44. The van der Waals surface area contributed by atoms with Crippen molar-refractivity contribution in [3.63, 3.8) is 0 Å². The highest BCUT2D eigenvalue weighted by Gasteiger charge is 2.20. The molecule has 0 heterocycles. The Morgan fingerprint density at radius 1 is 0.794 bits per heavy atom. The molecule has 0 N–H and O–H groups in total. The van der Waals surface area contributed by atoms with E-state index in [0.29, 0.717) is 0 Å². The molecule has 0 aliphatic heterocycles. The Kier molecular flexibility index (Phi) is 10.6. The number of halogens is 2. The second kappa shape index (κ2) is 13.9. The summed E-state index contributed by atoms with van der Waals surface area (Å²) in [6, 6.07) is 26.6.